The number of anilines is 1. The zero-order valence-corrected chi connectivity index (χ0v) is 22.5. The number of carbonyl (C=O) groups excluding carboxylic acids is 2. The van der Waals surface area contributed by atoms with Gasteiger partial charge in [-0.15, -0.1) is 0 Å². The van der Waals surface area contributed by atoms with Crippen molar-refractivity contribution in [3.8, 4) is 17.2 Å². The highest BCUT2D eigenvalue weighted by Crippen LogP contribution is 2.45. The number of rotatable bonds is 8. The zero-order chi connectivity index (χ0) is 27.7. The first-order valence-electron chi connectivity index (χ1n) is 12.1. The van der Waals surface area contributed by atoms with Crippen molar-refractivity contribution in [3.63, 3.8) is 0 Å². The van der Waals surface area contributed by atoms with E-state index in [4.69, 9.17) is 14.2 Å². The molecule has 2 heterocycles. The summed E-state index contributed by atoms with van der Waals surface area (Å²) in [7, 11) is 3.13. The van der Waals surface area contributed by atoms with Gasteiger partial charge < -0.3 is 19.3 Å². The second kappa shape index (κ2) is 10.6. The van der Waals surface area contributed by atoms with E-state index in [2.05, 4.69) is 11.6 Å². The van der Waals surface area contributed by atoms with Crippen LogP contribution in [0.25, 0.3) is 16.0 Å². The van der Waals surface area contributed by atoms with Crippen LogP contribution in [0.15, 0.2) is 78.9 Å². The highest BCUT2D eigenvalue weighted by molar-refractivity contribution is 7.22. The molecule has 1 fully saturated rings. The molecule has 1 saturated heterocycles. The summed E-state index contributed by atoms with van der Waals surface area (Å²) >= 11 is 1.26. The number of ketones is 1. The summed E-state index contributed by atoms with van der Waals surface area (Å²) in [6.07, 6.45) is 1.64. The van der Waals surface area contributed by atoms with Gasteiger partial charge in [0.2, 0.25) is 0 Å². The van der Waals surface area contributed by atoms with Gasteiger partial charge >= 0.3 is 5.91 Å². The van der Waals surface area contributed by atoms with Crippen LogP contribution in [0.4, 0.5) is 5.13 Å². The average molecular weight is 543 g/mol. The molecule has 5 rings (SSSR count). The van der Waals surface area contributed by atoms with Crippen LogP contribution in [0.3, 0.4) is 0 Å². The quantitative estimate of drug-likeness (QED) is 0.130. The van der Waals surface area contributed by atoms with Gasteiger partial charge in [0.1, 0.15) is 29.6 Å². The number of thiazole rings is 1. The molecule has 0 radical (unpaired) electrons. The number of carbonyl (C=O) groups is 2. The lowest BCUT2D eigenvalue weighted by atomic mass is 9.95. The number of aliphatic hydroxyl groups excluding tert-OH is 1. The van der Waals surface area contributed by atoms with E-state index >= 15 is 0 Å². The Bertz CT molecular complexity index is 1620. The topological polar surface area (TPSA) is 98.2 Å². The summed E-state index contributed by atoms with van der Waals surface area (Å²) in [5, 5.41) is 11.8. The van der Waals surface area contributed by atoms with Crippen LogP contribution < -0.4 is 19.1 Å². The summed E-state index contributed by atoms with van der Waals surface area (Å²) in [4.78, 5) is 33.0. The number of hydrogen-bond donors (Lipinski definition) is 1. The van der Waals surface area contributed by atoms with Crippen molar-refractivity contribution >= 4 is 44.1 Å². The van der Waals surface area contributed by atoms with Crippen LogP contribution in [0, 0.1) is 6.92 Å². The van der Waals surface area contributed by atoms with Crippen molar-refractivity contribution in [2.75, 3.05) is 25.7 Å². The number of Topliss-reactive ketones (excluding diaryl/α,β-unsaturated/α-hetero) is 1. The van der Waals surface area contributed by atoms with Gasteiger partial charge in [0.25, 0.3) is 5.78 Å². The number of nitrogens with zero attached hydrogens (tertiary/aromatic N) is 2. The molecular weight excluding hydrogens is 516 g/mol. The molecule has 3 aromatic carbocycles. The lowest BCUT2D eigenvalue weighted by molar-refractivity contribution is -0.132. The standard InChI is InChI=1S/C30H26N2O6S/c1-5-14-38-20-9-6-18(7-10-20)26-25(27(33)19-8-13-23(37-4)17(2)15-19)28(34)29(35)32(26)30-31-22-12-11-21(36-3)16-24(22)39-30/h5-13,15-16,26,33H,1,14H2,2-4H3/b27-25+. The number of aliphatic hydroxyl groups is 1. The number of aryl methyl sites for hydroxylation is 1. The highest BCUT2D eigenvalue weighted by atomic mass is 32.1. The number of ether oxygens (including phenoxy) is 3. The van der Waals surface area contributed by atoms with Gasteiger partial charge in [0, 0.05) is 5.56 Å². The minimum absolute atomic E-state index is 0.0267. The molecule has 198 valence electrons. The largest absolute Gasteiger partial charge is 0.507 e. The Labute approximate surface area is 229 Å². The van der Waals surface area contributed by atoms with Crippen molar-refractivity contribution in [1.82, 2.24) is 4.98 Å². The van der Waals surface area contributed by atoms with E-state index in [0.717, 1.165) is 10.3 Å². The van der Waals surface area contributed by atoms with Gasteiger partial charge in [0.05, 0.1) is 36.1 Å². The van der Waals surface area contributed by atoms with Gasteiger partial charge in [-0.25, -0.2) is 4.98 Å². The van der Waals surface area contributed by atoms with Crippen LogP contribution in [0.5, 0.6) is 17.2 Å². The van der Waals surface area contributed by atoms with E-state index in [1.165, 1.54) is 16.2 Å². The molecular formula is C30H26N2O6S. The monoisotopic (exact) mass is 542 g/mol. The van der Waals surface area contributed by atoms with Crippen LogP contribution in [-0.4, -0.2) is 42.6 Å². The van der Waals surface area contributed by atoms with Crippen molar-refractivity contribution in [2.45, 2.75) is 13.0 Å². The Morgan fingerprint density at radius 1 is 1.05 bits per heavy atom. The molecule has 8 nitrogen and oxygen atoms in total. The van der Waals surface area contributed by atoms with Crippen molar-refractivity contribution in [2.24, 2.45) is 0 Å². The van der Waals surface area contributed by atoms with E-state index in [1.54, 1.807) is 74.9 Å². The van der Waals surface area contributed by atoms with Crippen molar-refractivity contribution < 1.29 is 28.9 Å². The number of benzene rings is 3. The zero-order valence-electron chi connectivity index (χ0n) is 21.6. The molecule has 1 aliphatic heterocycles. The second-order valence-electron chi connectivity index (χ2n) is 8.85. The fourth-order valence-electron chi connectivity index (χ4n) is 4.55. The Morgan fingerprint density at radius 2 is 1.79 bits per heavy atom. The van der Waals surface area contributed by atoms with E-state index < -0.39 is 17.7 Å². The lowest BCUT2D eigenvalue weighted by Crippen LogP contribution is -2.29. The molecule has 0 saturated carbocycles. The summed E-state index contributed by atoms with van der Waals surface area (Å²) in [6.45, 7) is 5.83. The summed E-state index contributed by atoms with van der Waals surface area (Å²) in [6, 6.07) is 16.6. The molecule has 1 amide bonds. The number of aromatic nitrogens is 1. The number of methoxy groups -OCH3 is 2. The molecule has 39 heavy (non-hydrogen) atoms. The maximum absolute atomic E-state index is 13.5. The first kappa shape index (κ1) is 26.0. The molecule has 0 spiro atoms. The van der Waals surface area contributed by atoms with Gasteiger partial charge in [-0.05, 0) is 66.6 Å². The Kier molecular flexibility index (Phi) is 7.08. The van der Waals surface area contributed by atoms with E-state index in [0.29, 0.717) is 45.6 Å². The number of amides is 1. The second-order valence-corrected chi connectivity index (χ2v) is 9.86. The Morgan fingerprint density at radius 3 is 2.46 bits per heavy atom. The molecule has 4 aromatic rings. The van der Waals surface area contributed by atoms with Gasteiger partial charge in [0.15, 0.2) is 5.13 Å². The normalized spacial score (nSPS) is 16.5. The molecule has 1 aliphatic rings. The van der Waals surface area contributed by atoms with Crippen molar-refractivity contribution in [1.29, 1.82) is 0 Å². The fourth-order valence-corrected chi connectivity index (χ4v) is 5.57. The number of hydrogen-bond acceptors (Lipinski definition) is 8. The smallest absolute Gasteiger partial charge is 0.301 e. The molecule has 1 aromatic heterocycles. The molecule has 1 atom stereocenters. The third-order valence-electron chi connectivity index (χ3n) is 6.47. The maximum Gasteiger partial charge on any atom is 0.301 e. The molecule has 1 N–H and O–H groups in total. The number of fused-ring (bicyclic) bond motifs is 1. The third-order valence-corrected chi connectivity index (χ3v) is 7.48. The summed E-state index contributed by atoms with van der Waals surface area (Å²) < 4.78 is 17.1. The molecule has 0 bridgehead atoms. The SMILES string of the molecule is C=CCOc1ccc(C2/C(=C(\O)c3ccc(OC)c(C)c3)C(=O)C(=O)N2c2nc3ccc(OC)cc3s2)cc1. The predicted molar refractivity (Wildman–Crippen MR) is 151 cm³/mol. The predicted octanol–water partition coefficient (Wildman–Crippen LogP) is 5.81. The highest BCUT2D eigenvalue weighted by Gasteiger charge is 2.48. The fraction of sp³-hybridized carbons (Fsp3) is 0.167. The lowest BCUT2D eigenvalue weighted by Gasteiger charge is -2.23. The molecule has 0 aliphatic carbocycles. The first-order valence-corrected chi connectivity index (χ1v) is 12.9. The summed E-state index contributed by atoms with van der Waals surface area (Å²) in [5.74, 6) is 0.0549. The van der Waals surface area contributed by atoms with Crippen LogP contribution >= 0.6 is 11.3 Å². The third kappa shape index (κ3) is 4.72. The van der Waals surface area contributed by atoms with Crippen LogP contribution in [0.2, 0.25) is 0 Å². The average Bonchev–Trinajstić information content (AvgIpc) is 3.49. The van der Waals surface area contributed by atoms with Crippen LogP contribution in [-0.2, 0) is 9.59 Å². The van der Waals surface area contributed by atoms with E-state index in [1.807, 2.05) is 13.0 Å². The molecule has 9 heteroatoms. The summed E-state index contributed by atoms with van der Waals surface area (Å²) in [5.41, 5.74) is 2.42. The van der Waals surface area contributed by atoms with Gasteiger partial charge in [-0.3, -0.25) is 14.5 Å². The van der Waals surface area contributed by atoms with E-state index in [9.17, 15) is 14.7 Å². The minimum Gasteiger partial charge on any atom is -0.507 e. The van der Waals surface area contributed by atoms with Gasteiger partial charge in [-0.1, -0.05) is 36.1 Å². The first-order chi connectivity index (χ1) is 18.9. The maximum atomic E-state index is 13.5. The van der Waals surface area contributed by atoms with Crippen LogP contribution in [0.1, 0.15) is 22.7 Å². The Balaban J connectivity index is 1.67. The van der Waals surface area contributed by atoms with Crippen molar-refractivity contribution in [3.05, 3.63) is 95.6 Å². The Hall–Kier alpha value is -4.63. The van der Waals surface area contributed by atoms with E-state index in [-0.39, 0.29) is 11.3 Å². The molecule has 1 unspecified atom stereocenters. The minimum atomic E-state index is -0.914. The van der Waals surface area contributed by atoms with Gasteiger partial charge in [-0.2, -0.15) is 0 Å².